The summed E-state index contributed by atoms with van der Waals surface area (Å²) in [5.74, 6) is 2.86. The molecule has 5 heteroatoms. The van der Waals surface area contributed by atoms with Crippen LogP contribution in [-0.4, -0.2) is 37.5 Å². The van der Waals surface area contributed by atoms with Gasteiger partial charge in [-0.25, -0.2) is 0 Å². The smallest absolute Gasteiger partial charge is 0.143 e. The normalized spacial score (nSPS) is 27.3. The van der Waals surface area contributed by atoms with Crippen LogP contribution in [0, 0.1) is 23.2 Å². The average Bonchev–Trinajstić information content (AvgIpc) is 3.06. The van der Waals surface area contributed by atoms with Crippen LogP contribution in [0.5, 0.6) is 5.75 Å². The van der Waals surface area contributed by atoms with Crippen LogP contribution >= 0.6 is 0 Å². The molecule has 0 spiro atoms. The van der Waals surface area contributed by atoms with E-state index in [1.165, 1.54) is 0 Å². The van der Waals surface area contributed by atoms with E-state index in [2.05, 4.69) is 36.4 Å². The van der Waals surface area contributed by atoms with Crippen LogP contribution < -0.4 is 20.7 Å². The van der Waals surface area contributed by atoms with Crippen molar-refractivity contribution < 1.29 is 4.74 Å². The van der Waals surface area contributed by atoms with E-state index in [0.29, 0.717) is 18.2 Å². The van der Waals surface area contributed by atoms with Gasteiger partial charge >= 0.3 is 0 Å². The minimum atomic E-state index is -0.477. The Labute approximate surface area is 143 Å². The molecule has 2 atom stereocenters. The van der Waals surface area contributed by atoms with E-state index in [1.54, 1.807) is 0 Å². The summed E-state index contributed by atoms with van der Waals surface area (Å²) in [6.07, 6.45) is 0. The number of nitrogens with one attached hydrogen (secondary N) is 4. The van der Waals surface area contributed by atoms with Gasteiger partial charge in [-0.1, -0.05) is 18.7 Å². The van der Waals surface area contributed by atoms with E-state index in [9.17, 15) is 0 Å². The standard InChI is InChI=1S/C19H26N4O/c1-11(16-13-9-21-10-14(13)16)23-19(2,3)18(20)12-5-4-6-15-17(12)22-7-8-24-15/h4-6,13-14,16,20-23H,1,7-10H2,2-3H3. The maximum atomic E-state index is 8.78. The second kappa shape index (κ2) is 5.52. The van der Waals surface area contributed by atoms with Crippen LogP contribution in [0.2, 0.25) is 0 Å². The third-order valence-electron chi connectivity index (χ3n) is 5.55. The van der Waals surface area contributed by atoms with Gasteiger partial charge in [0.05, 0.1) is 16.9 Å². The summed E-state index contributed by atoms with van der Waals surface area (Å²) in [4.78, 5) is 0. The summed E-state index contributed by atoms with van der Waals surface area (Å²) in [7, 11) is 0. The number of para-hydroxylation sites is 1. The fourth-order valence-corrected chi connectivity index (χ4v) is 4.20. The monoisotopic (exact) mass is 326 g/mol. The fourth-order valence-electron chi connectivity index (χ4n) is 4.20. The largest absolute Gasteiger partial charge is 0.490 e. The van der Waals surface area contributed by atoms with Gasteiger partial charge in [-0.3, -0.25) is 0 Å². The molecule has 2 heterocycles. The van der Waals surface area contributed by atoms with Crippen LogP contribution in [-0.2, 0) is 0 Å². The topological polar surface area (TPSA) is 69.2 Å². The fraction of sp³-hybridized carbons (Fsp3) is 0.526. The molecule has 128 valence electrons. The van der Waals surface area contributed by atoms with Gasteiger partial charge in [-0.15, -0.1) is 0 Å². The Kier molecular flexibility index (Phi) is 3.57. The molecule has 1 aromatic carbocycles. The molecule has 2 unspecified atom stereocenters. The lowest BCUT2D eigenvalue weighted by Gasteiger charge is -2.32. The van der Waals surface area contributed by atoms with Crippen LogP contribution in [0.3, 0.4) is 0 Å². The maximum Gasteiger partial charge on any atom is 0.143 e. The van der Waals surface area contributed by atoms with Gasteiger partial charge in [0.25, 0.3) is 0 Å². The SMILES string of the molecule is C=C(NC(C)(C)C(=N)c1cccc2c1NCCO2)C1C2CNCC21. The minimum absolute atomic E-state index is 0.477. The molecule has 1 aliphatic carbocycles. The molecule has 0 bridgehead atoms. The maximum absolute atomic E-state index is 8.78. The molecular formula is C19H26N4O. The summed E-state index contributed by atoms with van der Waals surface area (Å²) in [5, 5.41) is 19.1. The lowest BCUT2D eigenvalue weighted by atomic mass is 9.90. The first kappa shape index (κ1) is 15.5. The van der Waals surface area contributed by atoms with Crippen molar-refractivity contribution in [2.24, 2.45) is 17.8 Å². The van der Waals surface area contributed by atoms with Crippen molar-refractivity contribution in [3.8, 4) is 5.75 Å². The van der Waals surface area contributed by atoms with Crippen molar-refractivity contribution in [1.82, 2.24) is 10.6 Å². The zero-order chi connectivity index (χ0) is 16.9. The quantitative estimate of drug-likeness (QED) is 0.626. The van der Waals surface area contributed by atoms with E-state index >= 15 is 0 Å². The zero-order valence-electron chi connectivity index (χ0n) is 14.4. The van der Waals surface area contributed by atoms with E-state index in [1.807, 2.05) is 18.2 Å². The molecule has 0 aromatic heterocycles. The van der Waals surface area contributed by atoms with Gasteiger partial charge in [-0.05, 0) is 44.8 Å². The molecular weight excluding hydrogens is 300 g/mol. The number of rotatable bonds is 5. The van der Waals surface area contributed by atoms with Crippen molar-refractivity contribution >= 4 is 11.4 Å². The Morgan fingerprint density at radius 1 is 1.33 bits per heavy atom. The van der Waals surface area contributed by atoms with Gasteiger partial charge in [0.1, 0.15) is 12.4 Å². The number of benzene rings is 1. The highest BCUT2D eigenvalue weighted by atomic mass is 16.5. The minimum Gasteiger partial charge on any atom is -0.490 e. The first-order valence-corrected chi connectivity index (χ1v) is 8.76. The number of hydrogen-bond donors (Lipinski definition) is 4. The molecule has 1 saturated heterocycles. The van der Waals surface area contributed by atoms with E-state index in [-0.39, 0.29) is 0 Å². The predicted octanol–water partition coefficient (Wildman–Crippen LogP) is 2.21. The van der Waals surface area contributed by atoms with Gasteiger partial charge < -0.3 is 26.1 Å². The summed E-state index contributed by atoms with van der Waals surface area (Å²) in [6.45, 7) is 12.0. The van der Waals surface area contributed by atoms with Gasteiger partial charge in [0.15, 0.2) is 0 Å². The molecule has 0 radical (unpaired) electrons. The number of ether oxygens (including phenoxy) is 1. The Balaban J connectivity index is 1.52. The highest BCUT2D eigenvalue weighted by molar-refractivity contribution is 6.09. The van der Waals surface area contributed by atoms with E-state index in [0.717, 1.165) is 54.2 Å². The first-order chi connectivity index (χ1) is 11.5. The molecule has 2 aliphatic heterocycles. The molecule has 24 heavy (non-hydrogen) atoms. The Hall–Kier alpha value is -2.01. The molecule has 0 amide bonds. The number of fused-ring (bicyclic) bond motifs is 2. The molecule has 1 aromatic rings. The molecule has 4 N–H and O–H groups in total. The number of allylic oxidation sites excluding steroid dienone is 1. The molecule has 2 fully saturated rings. The van der Waals surface area contributed by atoms with Gasteiger partial charge in [-0.2, -0.15) is 0 Å². The van der Waals surface area contributed by atoms with Crippen LogP contribution in [0.15, 0.2) is 30.5 Å². The second-order valence-electron chi connectivity index (χ2n) is 7.62. The molecule has 5 nitrogen and oxygen atoms in total. The number of hydrogen-bond acceptors (Lipinski definition) is 5. The van der Waals surface area contributed by atoms with Crippen LogP contribution in [0.1, 0.15) is 19.4 Å². The first-order valence-electron chi connectivity index (χ1n) is 8.76. The third kappa shape index (κ3) is 2.47. The van der Waals surface area contributed by atoms with E-state index < -0.39 is 5.54 Å². The van der Waals surface area contributed by atoms with Crippen molar-refractivity contribution in [1.29, 1.82) is 5.41 Å². The summed E-state index contributed by atoms with van der Waals surface area (Å²) < 4.78 is 5.70. The summed E-state index contributed by atoms with van der Waals surface area (Å²) >= 11 is 0. The summed E-state index contributed by atoms with van der Waals surface area (Å²) in [5.41, 5.74) is 2.99. The number of anilines is 1. The Morgan fingerprint density at radius 3 is 2.83 bits per heavy atom. The van der Waals surface area contributed by atoms with Gasteiger partial charge in [0, 0.05) is 23.7 Å². The van der Waals surface area contributed by atoms with Crippen molar-refractivity contribution in [2.45, 2.75) is 19.4 Å². The Bertz CT molecular complexity index is 687. The average molecular weight is 326 g/mol. The van der Waals surface area contributed by atoms with Crippen molar-refractivity contribution in [2.75, 3.05) is 31.6 Å². The highest BCUT2D eigenvalue weighted by Gasteiger charge is 2.54. The van der Waals surface area contributed by atoms with Crippen molar-refractivity contribution in [3.63, 3.8) is 0 Å². The lowest BCUT2D eigenvalue weighted by Crippen LogP contribution is -2.47. The molecule has 4 rings (SSSR count). The van der Waals surface area contributed by atoms with Gasteiger partial charge in [0.2, 0.25) is 0 Å². The third-order valence-corrected chi connectivity index (χ3v) is 5.55. The van der Waals surface area contributed by atoms with Crippen molar-refractivity contribution in [3.05, 3.63) is 36.0 Å². The van der Waals surface area contributed by atoms with Crippen LogP contribution in [0.25, 0.3) is 0 Å². The highest BCUT2D eigenvalue weighted by Crippen LogP contribution is 2.52. The molecule has 3 aliphatic rings. The predicted molar refractivity (Wildman–Crippen MR) is 96.9 cm³/mol. The molecule has 1 saturated carbocycles. The van der Waals surface area contributed by atoms with Crippen LogP contribution in [0.4, 0.5) is 5.69 Å². The Morgan fingerprint density at radius 2 is 2.08 bits per heavy atom. The second-order valence-corrected chi connectivity index (χ2v) is 7.62. The number of piperidine rings is 1. The lowest BCUT2D eigenvalue weighted by molar-refractivity contribution is 0.323. The summed E-state index contributed by atoms with van der Waals surface area (Å²) in [6, 6.07) is 5.90. The van der Waals surface area contributed by atoms with E-state index in [4.69, 9.17) is 10.1 Å². The zero-order valence-corrected chi connectivity index (χ0v) is 14.4.